The maximum atomic E-state index is 10.5. The molecular formula is C8H18ClNO2. The molecule has 0 fully saturated rings. The number of rotatable bonds is 6. The maximum Gasteiger partial charge on any atom is 0.306 e. The highest BCUT2D eigenvalue weighted by Crippen LogP contribution is 2.11. The number of nitrogens with two attached hydrogens (primary N) is 1. The first kappa shape index (κ1) is 14.3. The zero-order valence-corrected chi connectivity index (χ0v) is 8.27. The molecule has 12 heavy (non-hydrogen) atoms. The molecule has 0 aliphatic heterocycles. The lowest BCUT2D eigenvalue weighted by atomic mass is 10.00. The van der Waals surface area contributed by atoms with Gasteiger partial charge in [0, 0.05) is 0 Å². The minimum Gasteiger partial charge on any atom is -0.481 e. The predicted octanol–water partition coefficient (Wildman–Crippen LogP) is 1.65. The van der Waals surface area contributed by atoms with E-state index in [1.807, 2.05) is 6.92 Å². The van der Waals surface area contributed by atoms with Crippen LogP contribution >= 0.6 is 12.4 Å². The van der Waals surface area contributed by atoms with E-state index in [4.69, 9.17) is 10.8 Å². The number of halogens is 1. The van der Waals surface area contributed by atoms with E-state index in [2.05, 4.69) is 0 Å². The van der Waals surface area contributed by atoms with Crippen molar-refractivity contribution in [1.82, 2.24) is 0 Å². The molecule has 3 nitrogen and oxygen atoms in total. The van der Waals surface area contributed by atoms with E-state index >= 15 is 0 Å². The van der Waals surface area contributed by atoms with Gasteiger partial charge in [-0.05, 0) is 25.8 Å². The molecule has 0 aliphatic rings. The van der Waals surface area contributed by atoms with E-state index in [0.29, 0.717) is 6.54 Å². The fraction of sp³-hybridized carbons (Fsp3) is 0.875. The highest BCUT2D eigenvalue weighted by Gasteiger charge is 2.13. The van der Waals surface area contributed by atoms with Crippen LogP contribution in [-0.4, -0.2) is 17.6 Å². The van der Waals surface area contributed by atoms with Gasteiger partial charge in [0.2, 0.25) is 0 Å². The molecule has 4 heteroatoms. The Morgan fingerprint density at radius 2 is 2.08 bits per heavy atom. The molecule has 0 bridgehead atoms. The smallest absolute Gasteiger partial charge is 0.306 e. The first-order chi connectivity index (χ1) is 5.22. The van der Waals surface area contributed by atoms with E-state index in [1.54, 1.807) is 0 Å². The van der Waals surface area contributed by atoms with Gasteiger partial charge in [-0.3, -0.25) is 4.79 Å². The summed E-state index contributed by atoms with van der Waals surface area (Å²) < 4.78 is 0. The number of unbranched alkanes of at least 4 members (excludes halogenated alkanes) is 1. The van der Waals surface area contributed by atoms with E-state index in [9.17, 15) is 4.79 Å². The molecule has 0 aromatic carbocycles. The summed E-state index contributed by atoms with van der Waals surface area (Å²) in [6, 6.07) is 0. The lowest BCUT2D eigenvalue weighted by molar-refractivity contribution is -0.142. The van der Waals surface area contributed by atoms with E-state index in [1.165, 1.54) is 0 Å². The fourth-order valence-corrected chi connectivity index (χ4v) is 1.04. The van der Waals surface area contributed by atoms with Crippen LogP contribution in [0.3, 0.4) is 0 Å². The zero-order chi connectivity index (χ0) is 8.69. The van der Waals surface area contributed by atoms with Gasteiger partial charge < -0.3 is 10.8 Å². The highest BCUT2D eigenvalue weighted by molar-refractivity contribution is 5.85. The van der Waals surface area contributed by atoms with Crippen LogP contribution in [-0.2, 0) is 4.79 Å². The van der Waals surface area contributed by atoms with Crippen LogP contribution in [0.2, 0.25) is 0 Å². The predicted molar refractivity (Wildman–Crippen MR) is 51.6 cm³/mol. The normalized spacial score (nSPS) is 11.8. The standard InChI is InChI=1S/C8H17NO2.ClH/c1-2-7(8(10)11)5-3-4-6-9;/h7H,2-6,9H2,1H3,(H,10,11);1H. The van der Waals surface area contributed by atoms with Crippen molar-refractivity contribution in [3.8, 4) is 0 Å². The third-order valence-corrected chi connectivity index (χ3v) is 1.85. The molecule has 0 amide bonds. The summed E-state index contributed by atoms with van der Waals surface area (Å²) in [5.41, 5.74) is 5.28. The average Bonchev–Trinajstić information content (AvgIpc) is 1.97. The Balaban J connectivity index is 0. The number of carbonyl (C=O) groups is 1. The molecule has 0 aromatic heterocycles. The Morgan fingerprint density at radius 1 is 1.50 bits per heavy atom. The Labute approximate surface area is 79.7 Å². The van der Waals surface area contributed by atoms with Gasteiger partial charge in [0.15, 0.2) is 0 Å². The third-order valence-electron chi connectivity index (χ3n) is 1.85. The van der Waals surface area contributed by atoms with Crippen molar-refractivity contribution in [3.63, 3.8) is 0 Å². The van der Waals surface area contributed by atoms with E-state index in [-0.39, 0.29) is 18.3 Å². The van der Waals surface area contributed by atoms with Crippen LogP contribution < -0.4 is 5.73 Å². The van der Waals surface area contributed by atoms with Crippen LogP contribution in [0.5, 0.6) is 0 Å². The Kier molecular flexibility index (Phi) is 10.5. The molecule has 0 rings (SSSR count). The molecule has 3 N–H and O–H groups in total. The van der Waals surface area contributed by atoms with E-state index < -0.39 is 5.97 Å². The molecule has 74 valence electrons. The van der Waals surface area contributed by atoms with Crippen LogP contribution in [0.1, 0.15) is 32.6 Å². The highest BCUT2D eigenvalue weighted by atomic mass is 35.5. The lowest BCUT2D eigenvalue weighted by Gasteiger charge is -2.07. The third kappa shape index (κ3) is 6.43. The number of carboxylic acid groups (broad SMARTS) is 1. The monoisotopic (exact) mass is 195 g/mol. The summed E-state index contributed by atoms with van der Waals surface area (Å²) in [4.78, 5) is 10.5. The first-order valence-electron chi connectivity index (χ1n) is 4.15. The summed E-state index contributed by atoms with van der Waals surface area (Å²) in [5, 5.41) is 8.64. The first-order valence-corrected chi connectivity index (χ1v) is 4.15. The summed E-state index contributed by atoms with van der Waals surface area (Å²) in [5.74, 6) is -0.842. The summed E-state index contributed by atoms with van der Waals surface area (Å²) >= 11 is 0. The van der Waals surface area contributed by atoms with Gasteiger partial charge >= 0.3 is 5.97 Å². The molecular weight excluding hydrogens is 178 g/mol. The van der Waals surface area contributed by atoms with Crippen molar-refractivity contribution in [3.05, 3.63) is 0 Å². The second-order valence-electron chi connectivity index (χ2n) is 2.73. The minimum absolute atomic E-state index is 0. The topological polar surface area (TPSA) is 63.3 Å². The van der Waals surface area contributed by atoms with Crippen LogP contribution in [0.25, 0.3) is 0 Å². The summed E-state index contributed by atoms with van der Waals surface area (Å²) in [6.07, 6.45) is 3.36. The molecule has 1 atom stereocenters. The lowest BCUT2D eigenvalue weighted by Crippen LogP contribution is -2.12. The quantitative estimate of drug-likeness (QED) is 0.634. The molecule has 0 saturated heterocycles. The second-order valence-corrected chi connectivity index (χ2v) is 2.73. The average molecular weight is 196 g/mol. The summed E-state index contributed by atoms with van der Waals surface area (Å²) in [7, 11) is 0. The SMILES string of the molecule is CCC(CCCCN)C(=O)O.Cl. The van der Waals surface area contributed by atoms with Gasteiger partial charge in [0.1, 0.15) is 0 Å². The van der Waals surface area contributed by atoms with Crippen LogP contribution in [0.4, 0.5) is 0 Å². The van der Waals surface area contributed by atoms with Gasteiger partial charge in [-0.15, -0.1) is 12.4 Å². The Bertz CT molecular complexity index is 120. The van der Waals surface area contributed by atoms with Crippen molar-refractivity contribution in [2.24, 2.45) is 11.7 Å². The van der Waals surface area contributed by atoms with Gasteiger partial charge in [-0.1, -0.05) is 13.3 Å². The zero-order valence-electron chi connectivity index (χ0n) is 7.45. The van der Waals surface area contributed by atoms with Gasteiger partial charge in [-0.25, -0.2) is 0 Å². The van der Waals surface area contributed by atoms with Crippen molar-refractivity contribution < 1.29 is 9.90 Å². The van der Waals surface area contributed by atoms with Crippen LogP contribution in [0, 0.1) is 5.92 Å². The second kappa shape index (κ2) is 8.81. The van der Waals surface area contributed by atoms with Crippen molar-refractivity contribution in [1.29, 1.82) is 0 Å². The van der Waals surface area contributed by atoms with Crippen LogP contribution in [0.15, 0.2) is 0 Å². The summed E-state index contributed by atoms with van der Waals surface area (Å²) in [6.45, 7) is 2.57. The minimum atomic E-state index is -0.676. The van der Waals surface area contributed by atoms with E-state index in [0.717, 1.165) is 25.7 Å². The largest absolute Gasteiger partial charge is 0.481 e. The molecule has 0 radical (unpaired) electrons. The van der Waals surface area contributed by atoms with Crippen molar-refractivity contribution >= 4 is 18.4 Å². The molecule has 0 saturated carbocycles. The van der Waals surface area contributed by atoms with Crippen molar-refractivity contribution in [2.45, 2.75) is 32.6 Å². The van der Waals surface area contributed by atoms with Crippen molar-refractivity contribution in [2.75, 3.05) is 6.54 Å². The Hall–Kier alpha value is -0.280. The molecule has 1 unspecified atom stereocenters. The molecule has 0 spiro atoms. The number of aliphatic carboxylic acids is 1. The molecule has 0 heterocycles. The molecule has 0 aliphatic carbocycles. The molecule has 0 aromatic rings. The van der Waals surface area contributed by atoms with Gasteiger partial charge in [0.05, 0.1) is 5.92 Å². The Morgan fingerprint density at radius 3 is 2.42 bits per heavy atom. The number of hydrogen-bond donors (Lipinski definition) is 2. The fourth-order valence-electron chi connectivity index (χ4n) is 1.04. The maximum absolute atomic E-state index is 10.5. The van der Waals surface area contributed by atoms with Gasteiger partial charge in [0.25, 0.3) is 0 Å². The number of carboxylic acids is 1. The number of hydrogen-bond acceptors (Lipinski definition) is 2. The van der Waals surface area contributed by atoms with Gasteiger partial charge in [-0.2, -0.15) is 0 Å².